The second kappa shape index (κ2) is 8.98. The molecule has 0 radical (unpaired) electrons. The van der Waals surface area contributed by atoms with Crippen molar-refractivity contribution in [3.05, 3.63) is 93.2 Å². The Morgan fingerprint density at radius 1 is 1.06 bits per heavy atom. The van der Waals surface area contributed by atoms with Gasteiger partial charge in [0.25, 0.3) is 0 Å². The van der Waals surface area contributed by atoms with Crippen LogP contribution in [0.2, 0.25) is 0 Å². The maximum absolute atomic E-state index is 14.0. The van der Waals surface area contributed by atoms with Gasteiger partial charge in [-0.05, 0) is 72.9 Å². The number of aromatic carboxylic acids is 1. The van der Waals surface area contributed by atoms with Gasteiger partial charge in [0.15, 0.2) is 0 Å². The second-order valence-electron chi connectivity index (χ2n) is 7.21. The van der Waals surface area contributed by atoms with Crippen LogP contribution in [0.5, 0.6) is 5.75 Å². The van der Waals surface area contributed by atoms with Gasteiger partial charge >= 0.3 is 5.97 Å². The Morgan fingerprint density at radius 2 is 1.87 bits per heavy atom. The number of ether oxygens (including phenoxy) is 1. The summed E-state index contributed by atoms with van der Waals surface area (Å²) in [5, 5.41) is 9.31. The summed E-state index contributed by atoms with van der Waals surface area (Å²) in [4.78, 5) is 15.7. The van der Waals surface area contributed by atoms with Crippen LogP contribution in [0.3, 0.4) is 0 Å². The molecule has 31 heavy (non-hydrogen) atoms. The van der Waals surface area contributed by atoms with E-state index in [1.807, 2.05) is 12.1 Å². The van der Waals surface area contributed by atoms with E-state index < -0.39 is 17.6 Å². The zero-order valence-corrected chi connectivity index (χ0v) is 18.0. The van der Waals surface area contributed by atoms with Gasteiger partial charge in [0.2, 0.25) is 0 Å². The van der Waals surface area contributed by atoms with Crippen LogP contribution in [0.25, 0.3) is 11.1 Å². The molecule has 0 atom stereocenters. The van der Waals surface area contributed by atoms with Crippen LogP contribution in [-0.2, 0) is 6.61 Å². The minimum atomic E-state index is -1.00. The van der Waals surface area contributed by atoms with Crippen molar-refractivity contribution in [1.82, 2.24) is 4.98 Å². The highest BCUT2D eigenvalue weighted by atomic mass is 79.9. The van der Waals surface area contributed by atoms with E-state index >= 15 is 0 Å². The van der Waals surface area contributed by atoms with E-state index in [0.29, 0.717) is 11.4 Å². The molecule has 0 amide bonds. The normalized spacial score (nSPS) is 13.5. The Kier molecular flexibility index (Phi) is 6.13. The van der Waals surface area contributed by atoms with Crippen LogP contribution in [0.1, 0.15) is 46.4 Å². The topological polar surface area (TPSA) is 59.4 Å². The molecule has 0 saturated carbocycles. The van der Waals surface area contributed by atoms with Gasteiger partial charge < -0.3 is 9.84 Å². The fourth-order valence-electron chi connectivity index (χ4n) is 3.71. The molecule has 0 bridgehead atoms. The van der Waals surface area contributed by atoms with E-state index in [1.54, 1.807) is 12.1 Å². The molecule has 1 aromatic heterocycles. The average molecular weight is 486 g/mol. The highest BCUT2D eigenvalue weighted by molar-refractivity contribution is 9.10. The molecule has 158 valence electrons. The van der Waals surface area contributed by atoms with Gasteiger partial charge in [-0.2, -0.15) is 0 Å². The summed E-state index contributed by atoms with van der Waals surface area (Å²) < 4.78 is 34.0. The first-order valence-corrected chi connectivity index (χ1v) is 10.5. The molecule has 0 aliphatic heterocycles. The standard InChI is InChI=1S/C24H18BrF2NO3/c25-16-5-7-23(31-13-15-4-6-17(26)12-21(15)27)20(11-16)18-2-1-3-19(18)22-10-14(24(29)30)8-9-28-22/h4-12H,1-3,13H2,(H,29,30). The highest BCUT2D eigenvalue weighted by Crippen LogP contribution is 2.43. The largest absolute Gasteiger partial charge is 0.488 e. The molecule has 1 aliphatic carbocycles. The number of nitrogens with zero attached hydrogens (tertiary/aromatic N) is 1. The van der Waals surface area contributed by atoms with Crippen molar-refractivity contribution in [2.75, 3.05) is 0 Å². The Balaban J connectivity index is 1.71. The summed E-state index contributed by atoms with van der Waals surface area (Å²) in [6.07, 6.45) is 3.95. The van der Waals surface area contributed by atoms with Crippen LogP contribution in [0.15, 0.2) is 59.2 Å². The van der Waals surface area contributed by atoms with Crippen molar-refractivity contribution in [3.63, 3.8) is 0 Å². The quantitative estimate of drug-likeness (QED) is 0.433. The third-order valence-corrected chi connectivity index (χ3v) is 5.69. The van der Waals surface area contributed by atoms with Crippen LogP contribution >= 0.6 is 15.9 Å². The first-order chi connectivity index (χ1) is 14.9. The molecule has 1 N–H and O–H groups in total. The zero-order chi connectivity index (χ0) is 22.0. The molecule has 4 rings (SSSR count). The lowest BCUT2D eigenvalue weighted by Gasteiger charge is -2.15. The van der Waals surface area contributed by atoms with E-state index in [-0.39, 0.29) is 17.7 Å². The van der Waals surface area contributed by atoms with E-state index in [9.17, 15) is 18.7 Å². The number of hydrogen-bond acceptors (Lipinski definition) is 3. The Hall–Kier alpha value is -3.06. The van der Waals surface area contributed by atoms with Crippen LogP contribution in [0, 0.1) is 11.6 Å². The molecule has 3 aromatic rings. The van der Waals surface area contributed by atoms with Crippen molar-refractivity contribution >= 4 is 33.0 Å². The first kappa shape index (κ1) is 21.2. The number of carboxylic acids is 1. The van der Waals surface area contributed by atoms with Crippen LogP contribution < -0.4 is 4.74 Å². The fourth-order valence-corrected chi connectivity index (χ4v) is 4.07. The second-order valence-corrected chi connectivity index (χ2v) is 8.13. The van der Waals surface area contributed by atoms with Gasteiger partial charge in [-0.15, -0.1) is 0 Å². The van der Waals surface area contributed by atoms with Crippen LogP contribution in [-0.4, -0.2) is 16.1 Å². The van der Waals surface area contributed by atoms with E-state index in [1.165, 1.54) is 24.4 Å². The maximum atomic E-state index is 14.0. The average Bonchev–Trinajstić information content (AvgIpc) is 3.23. The number of hydrogen-bond donors (Lipinski definition) is 1. The highest BCUT2D eigenvalue weighted by Gasteiger charge is 2.22. The predicted octanol–water partition coefficient (Wildman–Crippen LogP) is 6.49. The van der Waals surface area contributed by atoms with Crippen LogP contribution in [0.4, 0.5) is 8.78 Å². The van der Waals surface area contributed by atoms with Gasteiger partial charge in [-0.25, -0.2) is 13.6 Å². The van der Waals surface area contributed by atoms with Gasteiger partial charge in [0.05, 0.1) is 11.3 Å². The minimum absolute atomic E-state index is 0.0455. The lowest BCUT2D eigenvalue weighted by atomic mass is 9.98. The SMILES string of the molecule is O=C(O)c1ccnc(C2=C(c3cc(Br)ccc3OCc3ccc(F)cc3F)CCC2)c1. The number of pyridine rings is 1. The molecule has 1 heterocycles. The molecule has 0 saturated heterocycles. The predicted molar refractivity (Wildman–Crippen MR) is 117 cm³/mol. The number of benzene rings is 2. The van der Waals surface area contributed by atoms with Crippen molar-refractivity contribution in [1.29, 1.82) is 0 Å². The van der Waals surface area contributed by atoms with Gasteiger partial charge in [0.1, 0.15) is 24.0 Å². The summed E-state index contributed by atoms with van der Waals surface area (Å²) in [6, 6.07) is 12.0. The van der Waals surface area contributed by atoms with Gasteiger partial charge in [-0.1, -0.05) is 15.9 Å². The van der Waals surface area contributed by atoms with E-state index in [2.05, 4.69) is 20.9 Å². The molecule has 0 unspecified atom stereocenters. The number of carboxylic acid groups (broad SMARTS) is 1. The molecule has 0 spiro atoms. The molecule has 2 aromatic carbocycles. The molecule has 7 heteroatoms. The maximum Gasteiger partial charge on any atom is 0.335 e. The monoisotopic (exact) mass is 485 g/mol. The summed E-state index contributed by atoms with van der Waals surface area (Å²) in [6.45, 7) is -0.0455. The van der Waals surface area contributed by atoms with Crippen molar-refractivity contribution in [2.24, 2.45) is 0 Å². The number of allylic oxidation sites excluding steroid dienone is 2. The third-order valence-electron chi connectivity index (χ3n) is 5.20. The lowest BCUT2D eigenvalue weighted by molar-refractivity contribution is 0.0696. The fraction of sp³-hybridized carbons (Fsp3) is 0.167. The third kappa shape index (κ3) is 4.66. The Bertz CT molecular complexity index is 1190. The van der Waals surface area contributed by atoms with Crippen molar-refractivity contribution in [3.8, 4) is 5.75 Å². The summed E-state index contributed by atoms with van der Waals surface area (Å²) in [7, 11) is 0. The molecular formula is C24H18BrF2NO3. The Morgan fingerprint density at radius 3 is 2.65 bits per heavy atom. The summed E-state index contributed by atoms with van der Waals surface area (Å²) >= 11 is 3.49. The summed E-state index contributed by atoms with van der Waals surface area (Å²) in [5.74, 6) is -1.73. The number of carbonyl (C=O) groups is 1. The Labute approximate surface area is 186 Å². The zero-order valence-electron chi connectivity index (χ0n) is 16.4. The van der Waals surface area contributed by atoms with E-state index in [0.717, 1.165) is 46.5 Å². The van der Waals surface area contributed by atoms with Gasteiger partial charge in [-0.3, -0.25) is 4.98 Å². The molecular weight excluding hydrogens is 468 g/mol. The molecule has 1 aliphatic rings. The smallest absolute Gasteiger partial charge is 0.335 e. The minimum Gasteiger partial charge on any atom is -0.488 e. The van der Waals surface area contributed by atoms with Crippen molar-refractivity contribution < 1.29 is 23.4 Å². The molecule has 0 fully saturated rings. The van der Waals surface area contributed by atoms with Crippen molar-refractivity contribution in [2.45, 2.75) is 25.9 Å². The summed E-state index contributed by atoms with van der Waals surface area (Å²) in [5.41, 5.74) is 3.90. The van der Waals surface area contributed by atoms with E-state index in [4.69, 9.17) is 4.74 Å². The number of aromatic nitrogens is 1. The lowest BCUT2D eigenvalue weighted by Crippen LogP contribution is -2.02. The molecule has 4 nitrogen and oxygen atoms in total. The first-order valence-electron chi connectivity index (χ1n) is 9.71. The number of halogens is 3. The van der Waals surface area contributed by atoms with Gasteiger partial charge in [0, 0.05) is 27.9 Å². The number of rotatable bonds is 6.